The highest BCUT2D eigenvalue weighted by Gasteiger charge is 2.16. The molecular weight excluding hydrogens is 314 g/mol. The first-order valence-corrected chi connectivity index (χ1v) is 7.67. The third-order valence-corrected chi connectivity index (χ3v) is 3.94. The summed E-state index contributed by atoms with van der Waals surface area (Å²) >= 11 is 6.05. The van der Waals surface area contributed by atoms with Gasteiger partial charge in [0.25, 0.3) is 5.91 Å². The summed E-state index contributed by atoms with van der Waals surface area (Å²) in [6.45, 7) is 5.69. The number of methoxy groups -OCH3 is 1. The van der Waals surface area contributed by atoms with E-state index < -0.39 is 6.10 Å². The zero-order chi connectivity index (χ0) is 17.0. The summed E-state index contributed by atoms with van der Waals surface area (Å²) in [7, 11) is 1.54. The van der Waals surface area contributed by atoms with Gasteiger partial charge in [-0.1, -0.05) is 23.7 Å². The van der Waals surface area contributed by atoms with Crippen molar-refractivity contribution in [3.8, 4) is 11.5 Å². The lowest BCUT2D eigenvalue weighted by molar-refractivity contribution is -0.122. The predicted molar refractivity (Wildman–Crippen MR) is 92.6 cm³/mol. The van der Waals surface area contributed by atoms with Crippen molar-refractivity contribution in [3.05, 3.63) is 52.5 Å². The number of carbonyl (C=O) groups excluding carboxylic acids is 1. The number of aryl methyl sites for hydroxylation is 1. The van der Waals surface area contributed by atoms with E-state index in [2.05, 4.69) is 5.32 Å². The average Bonchev–Trinajstić information content (AvgIpc) is 2.52. The Hall–Kier alpha value is -2.20. The molecule has 0 saturated heterocycles. The SMILES string of the molecule is COc1ccc(NC(=O)[C@H](C)Oc2cccc(C)c2C)cc1Cl. The fourth-order valence-electron chi connectivity index (χ4n) is 2.08. The van der Waals surface area contributed by atoms with Crippen LogP contribution in [0.3, 0.4) is 0 Å². The van der Waals surface area contributed by atoms with Crippen molar-refractivity contribution in [3.63, 3.8) is 0 Å². The van der Waals surface area contributed by atoms with Crippen LogP contribution in [-0.2, 0) is 4.79 Å². The Labute approximate surface area is 141 Å². The molecule has 1 amide bonds. The van der Waals surface area contributed by atoms with E-state index in [-0.39, 0.29) is 5.91 Å². The van der Waals surface area contributed by atoms with Crippen molar-refractivity contribution in [2.45, 2.75) is 26.9 Å². The number of nitrogens with one attached hydrogen (secondary N) is 1. The van der Waals surface area contributed by atoms with Gasteiger partial charge in [0.2, 0.25) is 0 Å². The number of carbonyl (C=O) groups is 1. The predicted octanol–water partition coefficient (Wildman–Crippen LogP) is 4.37. The van der Waals surface area contributed by atoms with Crippen LogP contribution >= 0.6 is 11.6 Å². The summed E-state index contributed by atoms with van der Waals surface area (Å²) in [4.78, 5) is 12.3. The van der Waals surface area contributed by atoms with Gasteiger partial charge >= 0.3 is 0 Å². The molecule has 0 aliphatic rings. The molecule has 1 atom stereocenters. The largest absolute Gasteiger partial charge is 0.495 e. The van der Waals surface area contributed by atoms with E-state index in [1.165, 1.54) is 0 Å². The Morgan fingerprint density at radius 2 is 1.91 bits per heavy atom. The first kappa shape index (κ1) is 17.2. The van der Waals surface area contributed by atoms with Gasteiger partial charge in [-0.2, -0.15) is 0 Å². The van der Waals surface area contributed by atoms with Crippen molar-refractivity contribution < 1.29 is 14.3 Å². The molecule has 0 fully saturated rings. The van der Waals surface area contributed by atoms with Crippen LogP contribution in [0, 0.1) is 13.8 Å². The molecular formula is C18H20ClNO3. The molecule has 2 rings (SSSR count). The van der Waals surface area contributed by atoms with E-state index in [1.54, 1.807) is 32.2 Å². The Balaban J connectivity index is 2.05. The van der Waals surface area contributed by atoms with Gasteiger partial charge in [-0.15, -0.1) is 0 Å². The molecule has 23 heavy (non-hydrogen) atoms. The first-order chi connectivity index (χ1) is 10.9. The van der Waals surface area contributed by atoms with Gasteiger partial charge in [-0.25, -0.2) is 0 Å². The van der Waals surface area contributed by atoms with Gasteiger partial charge in [-0.3, -0.25) is 4.79 Å². The molecule has 1 N–H and O–H groups in total. The van der Waals surface area contributed by atoms with Gasteiger partial charge in [0.05, 0.1) is 12.1 Å². The molecule has 0 radical (unpaired) electrons. The highest BCUT2D eigenvalue weighted by atomic mass is 35.5. The molecule has 0 aliphatic heterocycles. The quantitative estimate of drug-likeness (QED) is 0.883. The van der Waals surface area contributed by atoms with Crippen molar-refractivity contribution in [1.82, 2.24) is 0 Å². The van der Waals surface area contributed by atoms with Crippen LogP contribution in [0.2, 0.25) is 5.02 Å². The van der Waals surface area contributed by atoms with E-state index in [9.17, 15) is 4.79 Å². The number of rotatable bonds is 5. The van der Waals surface area contributed by atoms with Crippen LogP contribution in [0.25, 0.3) is 0 Å². The van der Waals surface area contributed by atoms with Crippen LogP contribution in [-0.4, -0.2) is 19.1 Å². The molecule has 0 aromatic heterocycles. The molecule has 0 unspecified atom stereocenters. The minimum absolute atomic E-state index is 0.243. The minimum atomic E-state index is -0.628. The van der Waals surface area contributed by atoms with Crippen LogP contribution in [0.5, 0.6) is 11.5 Å². The summed E-state index contributed by atoms with van der Waals surface area (Å²) in [5.74, 6) is 1.02. The number of ether oxygens (including phenoxy) is 2. The highest BCUT2D eigenvalue weighted by molar-refractivity contribution is 6.32. The van der Waals surface area contributed by atoms with Gasteiger partial charge in [0.1, 0.15) is 11.5 Å². The zero-order valence-corrected chi connectivity index (χ0v) is 14.4. The fourth-order valence-corrected chi connectivity index (χ4v) is 2.34. The number of anilines is 1. The van der Waals surface area contributed by atoms with E-state index in [0.717, 1.165) is 11.1 Å². The maximum atomic E-state index is 12.3. The molecule has 122 valence electrons. The fraction of sp³-hybridized carbons (Fsp3) is 0.278. The van der Waals surface area contributed by atoms with Crippen LogP contribution in [0.1, 0.15) is 18.1 Å². The second-order valence-electron chi connectivity index (χ2n) is 5.30. The summed E-state index contributed by atoms with van der Waals surface area (Å²) in [6.07, 6.45) is -0.628. The third kappa shape index (κ3) is 4.17. The molecule has 4 nitrogen and oxygen atoms in total. The van der Waals surface area contributed by atoms with Gasteiger partial charge in [0.15, 0.2) is 6.10 Å². The van der Waals surface area contributed by atoms with Crippen molar-refractivity contribution in [2.24, 2.45) is 0 Å². The van der Waals surface area contributed by atoms with Crippen molar-refractivity contribution >= 4 is 23.2 Å². The van der Waals surface area contributed by atoms with Gasteiger partial charge in [0, 0.05) is 5.69 Å². The standard InChI is InChI=1S/C18H20ClNO3/c1-11-6-5-7-16(12(11)2)23-13(3)18(21)20-14-8-9-17(22-4)15(19)10-14/h5-10,13H,1-4H3,(H,20,21)/t13-/m0/s1. The maximum absolute atomic E-state index is 12.3. The van der Waals surface area contributed by atoms with Crippen molar-refractivity contribution in [1.29, 1.82) is 0 Å². The molecule has 2 aromatic carbocycles. The molecule has 0 heterocycles. The molecule has 0 bridgehead atoms. The number of halogens is 1. The van der Waals surface area contributed by atoms with E-state index in [0.29, 0.717) is 22.2 Å². The Kier molecular flexibility index (Phi) is 5.50. The van der Waals surface area contributed by atoms with Crippen LogP contribution in [0.4, 0.5) is 5.69 Å². The molecule has 0 aliphatic carbocycles. The van der Waals surface area contributed by atoms with Gasteiger partial charge in [-0.05, 0) is 56.2 Å². The Morgan fingerprint density at radius 1 is 1.17 bits per heavy atom. The zero-order valence-electron chi connectivity index (χ0n) is 13.6. The van der Waals surface area contributed by atoms with Crippen molar-refractivity contribution in [2.75, 3.05) is 12.4 Å². The Morgan fingerprint density at radius 3 is 2.57 bits per heavy atom. The lowest BCUT2D eigenvalue weighted by Crippen LogP contribution is -2.30. The topological polar surface area (TPSA) is 47.6 Å². The minimum Gasteiger partial charge on any atom is -0.495 e. The second kappa shape index (κ2) is 7.38. The summed E-state index contributed by atoms with van der Waals surface area (Å²) in [5, 5.41) is 3.22. The third-order valence-electron chi connectivity index (χ3n) is 3.65. The summed E-state index contributed by atoms with van der Waals surface area (Å²) in [5.41, 5.74) is 2.74. The smallest absolute Gasteiger partial charge is 0.265 e. The Bertz CT molecular complexity index is 715. The monoisotopic (exact) mass is 333 g/mol. The number of benzene rings is 2. The normalized spacial score (nSPS) is 11.7. The molecule has 2 aromatic rings. The molecule has 0 spiro atoms. The lowest BCUT2D eigenvalue weighted by Gasteiger charge is -2.17. The second-order valence-corrected chi connectivity index (χ2v) is 5.70. The van der Waals surface area contributed by atoms with Gasteiger partial charge < -0.3 is 14.8 Å². The number of hydrogen-bond donors (Lipinski definition) is 1. The average molecular weight is 334 g/mol. The van der Waals surface area contributed by atoms with E-state index in [4.69, 9.17) is 21.1 Å². The molecule has 0 saturated carbocycles. The molecule has 5 heteroatoms. The number of amides is 1. The van der Waals surface area contributed by atoms with Crippen LogP contribution in [0.15, 0.2) is 36.4 Å². The van der Waals surface area contributed by atoms with E-state index >= 15 is 0 Å². The maximum Gasteiger partial charge on any atom is 0.265 e. The number of hydrogen-bond acceptors (Lipinski definition) is 3. The highest BCUT2D eigenvalue weighted by Crippen LogP contribution is 2.27. The van der Waals surface area contributed by atoms with E-state index in [1.807, 2.05) is 32.0 Å². The summed E-state index contributed by atoms with van der Waals surface area (Å²) in [6, 6.07) is 10.8. The summed E-state index contributed by atoms with van der Waals surface area (Å²) < 4.78 is 10.9. The first-order valence-electron chi connectivity index (χ1n) is 7.29. The van der Waals surface area contributed by atoms with Crippen LogP contribution < -0.4 is 14.8 Å². The lowest BCUT2D eigenvalue weighted by atomic mass is 10.1.